The molecular weight excluding hydrogens is 248 g/mol. The van der Waals surface area contributed by atoms with Crippen molar-refractivity contribution < 1.29 is 19.4 Å². The lowest BCUT2D eigenvalue weighted by Gasteiger charge is -2.07. The van der Waals surface area contributed by atoms with Crippen LogP contribution in [0.2, 0.25) is 0 Å². The Morgan fingerprint density at radius 2 is 1.95 bits per heavy atom. The Hall–Kier alpha value is -2.76. The van der Waals surface area contributed by atoms with Crippen LogP contribution in [-0.2, 0) is 4.74 Å². The molecule has 19 heavy (non-hydrogen) atoms. The Balaban J connectivity index is 2.54. The van der Waals surface area contributed by atoms with Gasteiger partial charge >= 0.3 is 12.0 Å². The van der Waals surface area contributed by atoms with Gasteiger partial charge in [0.15, 0.2) is 0 Å². The van der Waals surface area contributed by atoms with Crippen LogP contribution in [-0.4, -0.2) is 24.2 Å². The Bertz CT molecular complexity index is 667. The molecule has 2 rings (SSSR count). The number of hydrogen-bond donors (Lipinski definition) is 3. The van der Waals surface area contributed by atoms with Crippen LogP contribution >= 0.6 is 0 Å². The van der Waals surface area contributed by atoms with E-state index in [9.17, 15) is 14.7 Å². The minimum absolute atomic E-state index is 0.0613. The van der Waals surface area contributed by atoms with Crippen molar-refractivity contribution in [2.45, 2.75) is 0 Å². The lowest BCUT2D eigenvalue weighted by Crippen LogP contribution is -2.19. The summed E-state index contributed by atoms with van der Waals surface area (Å²) in [5.74, 6) is -0.789. The molecule has 0 aliphatic heterocycles. The summed E-state index contributed by atoms with van der Waals surface area (Å²) in [5.41, 5.74) is 5.59. The summed E-state index contributed by atoms with van der Waals surface area (Å²) in [7, 11) is 1.23. The minimum atomic E-state index is -0.675. The second kappa shape index (κ2) is 4.85. The average Bonchev–Trinajstić information content (AvgIpc) is 2.36. The first-order valence-corrected chi connectivity index (χ1v) is 5.43. The maximum absolute atomic E-state index is 11.5. The first kappa shape index (κ1) is 12.7. The van der Waals surface area contributed by atoms with Gasteiger partial charge in [-0.15, -0.1) is 0 Å². The Morgan fingerprint density at radius 1 is 1.21 bits per heavy atom. The average molecular weight is 260 g/mol. The highest BCUT2D eigenvalue weighted by Gasteiger charge is 2.12. The fourth-order valence-electron chi connectivity index (χ4n) is 1.78. The highest BCUT2D eigenvalue weighted by molar-refractivity contribution is 6.00. The fraction of sp³-hybridized carbons (Fsp3) is 0.0769. The van der Waals surface area contributed by atoms with Crippen LogP contribution in [0.1, 0.15) is 10.4 Å². The molecule has 2 amide bonds. The third kappa shape index (κ3) is 2.57. The molecule has 0 spiro atoms. The van der Waals surface area contributed by atoms with E-state index in [0.717, 1.165) is 5.39 Å². The van der Waals surface area contributed by atoms with Crippen LogP contribution in [0.15, 0.2) is 30.3 Å². The van der Waals surface area contributed by atoms with Crippen LogP contribution in [0.25, 0.3) is 10.8 Å². The van der Waals surface area contributed by atoms with Gasteiger partial charge in [-0.3, -0.25) is 0 Å². The maximum atomic E-state index is 11.5. The van der Waals surface area contributed by atoms with Gasteiger partial charge < -0.3 is 20.9 Å². The highest BCUT2D eigenvalue weighted by atomic mass is 16.5. The van der Waals surface area contributed by atoms with Crippen molar-refractivity contribution in [3.05, 3.63) is 35.9 Å². The molecule has 0 bridgehead atoms. The molecule has 4 N–H and O–H groups in total. The molecule has 2 aromatic rings. The van der Waals surface area contributed by atoms with Crippen LogP contribution in [0.3, 0.4) is 0 Å². The molecule has 6 nitrogen and oxygen atoms in total. The van der Waals surface area contributed by atoms with E-state index < -0.39 is 12.0 Å². The molecule has 6 heteroatoms. The van der Waals surface area contributed by atoms with E-state index in [-0.39, 0.29) is 11.3 Å². The number of carbonyl (C=O) groups is 2. The monoisotopic (exact) mass is 260 g/mol. The summed E-state index contributed by atoms with van der Waals surface area (Å²) in [6.07, 6.45) is 0. The lowest BCUT2D eigenvalue weighted by atomic mass is 10.1. The number of nitrogens with two attached hydrogens (primary N) is 1. The molecule has 0 aliphatic carbocycles. The van der Waals surface area contributed by atoms with Crippen molar-refractivity contribution in [2.24, 2.45) is 5.73 Å². The second-order valence-corrected chi connectivity index (χ2v) is 3.91. The van der Waals surface area contributed by atoms with Gasteiger partial charge in [-0.05, 0) is 35.0 Å². The van der Waals surface area contributed by atoms with Crippen molar-refractivity contribution >= 4 is 28.5 Å². The van der Waals surface area contributed by atoms with Crippen LogP contribution in [0.4, 0.5) is 10.5 Å². The molecule has 0 fully saturated rings. The van der Waals surface area contributed by atoms with Gasteiger partial charge in [0.05, 0.1) is 7.11 Å². The molecule has 98 valence electrons. The number of rotatable bonds is 2. The smallest absolute Gasteiger partial charge is 0.341 e. The van der Waals surface area contributed by atoms with Gasteiger partial charge in [0.1, 0.15) is 11.3 Å². The van der Waals surface area contributed by atoms with E-state index in [0.29, 0.717) is 11.1 Å². The van der Waals surface area contributed by atoms with E-state index in [4.69, 9.17) is 5.73 Å². The molecule has 0 aliphatic rings. The molecule has 2 aromatic carbocycles. The van der Waals surface area contributed by atoms with Gasteiger partial charge in [0, 0.05) is 5.69 Å². The van der Waals surface area contributed by atoms with Crippen LogP contribution in [0, 0.1) is 0 Å². The number of anilines is 1. The van der Waals surface area contributed by atoms with Gasteiger partial charge in [-0.1, -0.05) is 6.07 Å². The molecule has 0 unspecified atom stereocenters. The van der Waals surface area contributed by atoms with E-state index in [2.05, 4.69) is 10.1 Å². The number of phenols is 1. The number of hydrogen-bond acceptors (Lipinski definition) is 4. The number of phenolic OH excluding ortho intramolecular Hbond substituents is 1. The largest absolute Gasteiger partial charge is 0.507 e. The number of urea groups is 1. The van der Waals surface area contributed by atoms with Gasteiger partial charge in [0.2, 0.25) is 0 Å². The summed E-state index contributed by atoms with van der Waals surface area (Å²) in [5, 5.41) is 13.6. The second-order valence-electron chi connectivity index (χ2n) is 3.91. The number of esters is 1. The summed E-state index contributed by atoms with van der Waals surface area (Å²) in [4.78, 5) is 22.2. The number of nitrogens with one attached hydrogen (secondary N) is 1. The zero-order valence-corrected chi connectivity index (χ0v) is 10.1. The molecule has 0 atom stereocenters. The molecule has 0 aromatic heterocycles. The quantitative estimate of drug-likeness (QED) is 0.717. The number of primary amides is 1. The Kier molecular flexibility index (Phi) is 3.24. The number of benzene rings is 2. The van der Waals surface area contributed by atoms with Crippen molar-refractivity contribution in [1.82, 2.24) is 0 Å². The SMILES string of the molecule is COC(=O)c1cc2cc(NC(N)=O)ccc2cc1O. The summed E-state index contributed by atoms with van der Waals surface area (Å²) >= 11 is 0. The summed E-state index contributed by atoms with van der Waals surface area (Å²) in [6, 6.07) is 7.25. The molecular formula is C13H12N2O4. The lowest BCUT2D eigenvalue weighted by molar-refractivity contribution is 0.0597. The molecule has 0 saturated carbocycles. The Labute approximate surface area is 108 Å². The molecule has 0 heterocycles. The Morgan fingerprint density at radius 3 is 2.58 bits per heavy atom. The third-order valence-electron chi connectivity index (χ3n) is 2.63. The number of carbonyl (C=O) groups excluding carboxylic acids is 2. The molecule has 0 saturated heterocycles. The minimum Gasteiger partial charge on any atom is -0.507 e. The van der Waals surface area contributed by atoms with Crippen molar-refractivity contribution in [1.29, 1.82) is 0 Å². The number of fused-ring (bicyclic) bond motifs is 1. The zero-order valence-electron chi connectivity index (χ0n) is 10.1. The summed E-state index contributed by atoms with van der Waals surface area (Å²) in [6.45, 7) is 0. The number of ether oxygens (including phenoxy) is 1. The van der Waals surface area contributed by atoms with Gasteiger partial charge in [-0.2, -0.15) is 0 Å². The third-order valence-corrected chi connectivity index (χ3v) is 2.63. The van der Waals surface area contributed by atoms with Crippen LogP contribution in [0.5, 0.6) is 5.75 Å². The van der Waals surface area contributed by atoms with E-state index in [1.54, 1.807) is 18.2 Å². The zero-order chi connectivity index (χ0) is 14.0. The predicted molar refractivity (Wildman–Crippen MR) is 70.2 cm³/mol. The van der Waals surface area contributed by atoms with E-state index in [1.807, 2.05) is 0 Å². The standard InChI is InChI=1S/C13H12N2O4/c1-19-12(17)10-5-8-4-9(15-13(14)18)3-2-7(8)6-11(10)16/h2-6,16H,1H3,(H3,14,15,18). The van der Waals surface area contributed by atoms with Gasteiger partial charge in [0.25, 0.3) is 0 Å². The first-order valence-electron chi connectivity index (χ1n) is 5.43. The normalized spacial score (nSPS) is 10.2. The number of amides is 2. The number of methoxy groups -OCH3 is 1. The van der Waals surface area contributed by atoms with Crippen molar-refractivity contribution in [3.8, 4) is 5.75 Å². The van der Waals surface area contributed by atoms with Gasteiger partial charge in [-0.25, -0.2) is 9.59 Å². The van der Waals surface area contributed by atoms with E-state index >= 15 is 0 Å². The highest BCUT2D eigenvalue weighted by Crippen LogP contribution is 2.27. The topological polar surface area (TPSA) is 102 Å². The summed E-state index contributed by atoms with van der Waals surface area (Å²) < 4.78 is 4.57. The van der Waals surface area contributed by atoms with Crippen molar-refractivity contribution in [3.63, 3.8) is 0 Å². The first-order chi connectivity index (χ1) is 9.01. The van der Waals surface area contributed by atoms with E-state index in [1.165, 1.54) is 19.2 Å². The predicted octanol–water partition coefficient (Wildman–Crippen LogP) is 1.82. The van der Waals surface area contributed by atoms with Crippen molar-refractivity contribution in [2.75, 3.05) is 12.4 Å². The number of aromatic hydroxyl groups is 1. The maximum Gasteiger partial charge on any atom is 0.341 e. The fourth-order valence-corrected chi connectivity index (χ4v) is 1.78. The molecule has 0 radical (unpaired) electrons. The van der Waals surface area contributed by atoms with Crippen LogP contribution < -0.4 is 11.1 Å².